The average Bonchev–Trinajstić information content (AvgIpc) is 2.65. The number of hydrogen-bond acceptors (Lipinski definition) is 2. The third-order valence-electron chi connectivity index (χ3n) is 2.52. The van der Waals surface area contributed by atoms with E-state index in [4.69, 9.17) is 9.47 Å². The van der Waals surface area contributed by atoms with E-state index in [0.717, 1.165) is 17.9 Å². The first kappa shape index (κ1) is 10.1. The molecule has 0 saturated carbocycles. The quantitative estimate of drug-likeness (QED) is 0.704. The van der Waals surface area contributed by atoms with Crippen molar-refractivity contribution >= 4 is 0 Å². The Kier molecular flexibility index (Phi) is 2.95. The van der Waals surface area contributed by atoms with E-state index >= 15 is 0 Å². The van der Waals surface area contributed by atoms with Gasteiger partial charge in [0.2, 0.25) is 6.79 Å². The van der Waals surface area contributed by atoms with Gasteiger partial charge in [0.05, 0.1) is 0 Å². The van der Waals surface area contributed by atoms with Crippen molar-refractivity contribution in [2.75, 3.05) is 6.79 Å². The van der Waals surface area contributed by atoms with Gasteiger partial charge in [-0.1, -0.05) is 25.1 Å². The van der Waals surface area contributed by atoms with E-state index in [1.54, 1.807) is 0 Å². The zero-order valence-corrected chi connectivity index (χ0v) is 9.19. The molecule has 0 aromatic heterocycles. The van der Waals surface area contributed by atoms with Crippen LogP contribution in [0.25, 0.3) is 0 Å². The SMILES string of the molecule is C/C=C/C(C)Cc1ccc2c(c1)OCO2. The Balaban J connectivity index is 2.10. The summed E-state index contributed by atoms with van der Waals surface area (Å²) in [6.07, 6.45) is 5.35. The van der Waals surface area contributed by atoms with Gasteiger partial charge < -0.3 is 9.47 Å². The van der Waals surface area contributed by atoms with Crippen LogP contribution in [0.1, 0.15) is 19.4 Å². The molecule has 0 saturated heterocycles. The summed E-state index contributed by atoms with van der Waals surface area (Å²) >= 11 is 0. The smallest absolute Gasteiger partial charge is 0.231 e. The van der Waals surface area contributed by atoms with E-state index < -0.39 is 0 Å². The van der Waals surface area contributed by atoms with Gasteiger partial charge in [0.1, 0.15) is 0 Å². The molecule has 1 aliphatic heterocycles. The van der Waals surface area contributed by atoms with Crippen LogP contribution in [0, 0.1) is 5.92 Å². The van der Waals surface area contributed by atoms with Gasteiger partial charge in [-0.05, 0) is 37.0 Å². The fraction of sp³-hybridized carbons (Fsp3) is 0.385. The Hall–Kier alpha value is -1.44. The summed E-state index contributed by atoms with van der Waals surface area (Å²) in [5.41, 5.74) is 1.30. The highest BCUT2D eigenvalue weighted by molar-refractivity contribution is 5.44. The standard InChI is InChI=1S/C13H16O2/c1-3-4-10(2)7-11-5-6-12-13(8-11)15-9-14-12/h3-6,8,10H,7,9H2,1-2H3/b4-3+. The van der Waals surface area contributed by atoms with Gasteiger partial charge in [0.15, 0.2) is 11.5 Å². The van der Waals surface area contributed by atoms with Gasteiger partial charge >= 0.3 is 0 Å². The Bertz CT molecular complexity index is 369. The van der Waals surface area contributed by atoms with Crippen molar-refractivity contribution in [2.45, 2.75) is 20.3 Å². The van der Waals surface area contributed by atoms with E-state index in [1.807, 2.05) is 6.07 Å². The van der Waals surface area contributed by atoms with Crippen molar-refractivity contribution in [3.05, 3.63) is 35.9 Å². The first-order valence-electron chi connectivity index (χ1n) is 5.31. The summed E-state index contributed by atoms with van der Waals surface area (Å²) in [6, 6.07) is 6.16. The molecule has 80 valence electrons. The van der Waals surface area contributed by atoms with E-state index in [0.29, 0.717) is 12.7 Å². The molecule has 0 aliphatic carbocycles. The van der Waals surface area contributed by atoms with E-state index in [2.05, 4.69) is 38.1 Å². The van der Waals surface area contributed by atoms with E-state index in [-0.39, 0.29) is 0 Å². The highest BCUT2D eigenvalue weighted by Gasteiger charge is 2.13. The summed E-state index contributed by atoms with van der Waals surface area (Å²) in [4.78, 5) is 0. The van der Waals surface area contributed by atoms with Crippen LogP contribution in [0.15, 0.2) is 30.4 Å². The van der Waals surface area contributed by atoms with Gasteiger partial charge in [0, 0.05) is 0 Å². The second-order valence-electron chi connectivity index (χ2n) is 3.89. The predicted molar refractivity (Wildman–Crippen MR) is 60.2 cm³/mol. The van der Waals surface area contributed by atoms with Gasteiger partial charge in [-0.3, -0.25) is 0 Å². The molecular formula is C13H16O2. The van der Waals surface area contributed by atoms with Gasteiger partial charge in [-0.15, -0.1) is 0 Å². The molecule has 0 amide bonds. The van der Waals surface area contributed by atoms with Crippen LogP contribution in [0.4, 0.5) is 0 Å². The number of rotatable bonds is 3. The molecule has 0 fully saturated rings. The lowest BCUT2D eigenvalue weighted by molar-refractivity contribution is 0.174. The third kappa shape index (κ3) is 2.32. The van der Waals surface area contributed by atoms with Crippen LogP contribution >= 0.6 is 0 Å². The molecule has 1 aliphatic rings. The maximum Gasteiger partial charge on any atom is 0.231 e. The third-order valence-corrected chi connectivity index (χ3v) is 2.52. The largest absolute Gasteiger partial charge is 0.454 e. The minimum absolute atomic E-state index is 0.350. The summed E-state index contributed by atoms with van der Waals surface area (Å²) in [7, 11) is 0. The van der Waals surface area contributed by atoms with Crippen molar-refractivity contribution < 1.29 is 9.47 Å². The highest BCUT2D eigenvalue weighted by Crippen LogP contribution is 2.33. The Morgan fingerprint density at radius 1 is 1.33 bits per heavy atom. The van der Waals surface area contributed by atoms with Gasteiger partial charge in [-0.2, -0.15) is 0 Å². The van der Waals surface area contributed by atoms with Crippen LogP contribution < -0.4 is 9.47 Å². The molecule has 0 spiro atoms. The lowest BCUT2D eigenvalue weighted by atomic mass is 10.0. The summed E-state index contributed by atoms with van der Waals surface area (Å²) in [5, 5.41) is 0. The molecule has 1 unspecified atom stereocenters. The van der Waals surface area contributed by atoms with Crippen LogP contribution in [0.5, 0.6) is 11.5 Å². The minimum Gasteiger partial charge on any atom is -0.454 e. The molecule has 1 atom stereocenters. The number of benzene rings is 1. The molecule has 2 heteroatoms. The molecule has 15 heavy (non-hydrogen) atoms. The Morgan fingerprint density at radius 2 is 2.13 bits per heavy atom. The highest BCUT2D eigenvalue weighted by atomic mass is 16.7. The first-order chi connectivity index (χ1) is 7.29. The topological polar surface area (TPSA) is 18.5 Å². The molecule has 0 N–H and O–H groups in total. The van der Waals surface area contributed by atoms with E-state index in [1.165, 1.54) is 5.56 Å². The normalized spacial score (nSPS) is 15.9. The summed E-state index contributed by atoms with van der Waals surface area (Å²) in [6.45, 7) is 4.62. The Labute approximate surface area is 90.5 Å². The van der Waals surface area contributed by atoms with Crippen molar-refractivity contribution in [1.82, 2.24) is 0 Å². The average molecular weight is 204 g/mol. The van der Waals surface area contributed by atoms with E-state index in [9.17, 15) is 0 Å². The Morgan fingerprint density at radius 3 is 2.93 bits per heavy atom. The summed E-state index contributed by atoms with van der Waals surface area (Å²) < 4.78 is 10.6. The van der Waals surface area contributed by atoms with Gasteiger partial charge in [0.25, 0.3) is 0 Å². The first-order valence-corrected chi connectivity index (χ1v) is 5.31. The predicted octanol–water partition coefficient (Wildman–Crippen LogP) is 3.17. The molecule has 2 nitrogen and oxygen atoms in total. The van der Waals surface area contributed by atoms with Crippen LogP contribution in [-0.4, -0.2) is 6.79 Å². The number of hydrogen-bond donors (Lipinski definition) is 0. The van der Waals surface area contributed by atoms with Crippen molar-refractivity contribution in [1.29, 1.82) is 0 Å². The molecule has 2 rings (SSSR count). The number of allylic oxidation sites excluding steroid dienone is 2. The second kappa shape index (κ2) is 4.39. The number of fused-ring (bicyclic) bond motifs is 1. The second-order valence-corrected chi connectivity index (χ2v) is 3.89. The fourth-order valence-corrected chi connectivity index (χ4v) is 1.84. The fourth-order valence-electron chi connectivity index (χ4n) is 1.84. The molecular weight excluding hydrogens is 188 g/mol. The van der Waals surface area contributed by atoms with Crippen molar-refractivity contribution in [2.24, 2.45) is 5.92 Å². The van der Waals surface area contributed by atoms with Crippen molar-refractivity contribution in [3.63, 3.8) is 0 Å². The lowest BCUT2D eigenvalue weighted by Crippen LogP contribution is -1.95. The van der Waals surface area contributed by atoms with Crippen molar-refractivity contribution in [3.8, 4) is 11.5 Å². The molecule has 1 heterocycles. The lowest BCUT2D eigenvalue weighted by Gasteiger charge is -2.06. The molecule has 1 aromatic carbocycles. The monoisotopic (exact) mass is 204 g/mol. The maximum atomic E-state index is 5.34. The number of ether oxygens (including phenoxy) is 2. The molecule has 0 radical (unpaired) electrons. The van der Waals surface area contributed by atoms with Crippen LogP contribution in [0.3, 0.4) is 0 Å². The molecule has 1 aromatic rings. The maximum absolute atomic E-state index is 5.34. The van der Waals surface area contributed by atoms with Gasteiger partial charge in [-0.25, -0.2) is 0 Å². The zero-order chi connectivity index (χ0) is 10.7. The molecule has 0 bridgehead atoms. The minimum atomic E-state index is 0.350. The van der Waals surface area contributed by atoms with Crippen LogP contribution in [-0.2, 0) is 6.42 Å². The summed E-state index contributed by atoms with van der Waals surface area (Å²) in [5.74, 6) is 2.30. The van der Waals surface area contributed by atoms with Crippen LogP contribution in [0.2, 0.25) is 0 Å². The zero-order valence-electron chi connectivity index (χ0n) is 9.19.